The first kappa shape index (κ1) is 25.1. The van der Waals surface area contributed by atoms with E-state index in [-0.39, 0.29) is 5.41 Å². The SMILES string of the molecule is CC1CCN(c2cc(N3Cc4ccccc4C3)nc(NC(=S)NCC3(c4ccccc4)CCCC3)n2)CC1. The number of fused-ring (bicyclic) bond motifs is 1. The summed E-state index contributed by atoms with van der Waals surface area (Å²) in [5, 5.41) is 7.48. The third-order valence-corrected chi connectivity index (χ3v) is 8.98. The first-order valence-electron chi connectivity index (χ1n) is 14.1. The molecule has 198 valence electrons. The van der Waals surface area contributed by atoms with Gasteiger partial charge in [-0.3, -0.25) is 0 Å². The van der Waals surface area contributed by atoms with Gasteiger partial charge in [0.2, 0.25) is 5.95 Å². The zero-order chi connectivity index (χ0) is 26.0. The fraction of sp³-hybridized carbons (Fsp3) is 0.452. The fourth-order valence-corrected chi connectivity index (χ4v) is 6.50. The predicted octanol–water partition coefficient (Wildman–Crippen LogP) is 6.03. The molecule has 0 spiro atoms. The molecule has 1 aliphatic carbocycles. The Morgan fingerprint density at radius 1 is 0.895 bits per heavy atom. The van der Waals surface area contributed by atoms with Crippen LogP contribution in [-0.2, 0) is 18.5 Å². The van der Waals surface area contributed by atoms with Gasteiger partial charge in [-0.15, -0.1) is 0 Å². The third-order valence-electron chi connectivity index (χ3n) is 8.73. The van der Waals surface area contributed by atoms with Crippen molar-refractivity contribution in [3.8, 4) is 0 Å². The number of hydrogen-bond donors (Lipinski definition) is 2. The molecule has 0 amide bonds. The van der Waals surface area contributed by atoms with Crippen LogP contribution in [0, 0.1) is 5.92 Å². The van der Waals surface area contributed by atoms with Crippen LogP contribution in [0.1, 0.15) is 62.1 Å². The monoisotopic (exact) mass is 526 g/mol. The summed E-state index contributed by atoms with van der Waals surface area (Å²) in [6.07, 6.45) is 7.28. The van der Waals surface area contributed by atoms with Crippen molar-refractivity contribution in [2.75, 3.05) is 34.8 Å². The number of benzene rings is 2. The Bertz CT molecular complexity index is 1240. The van der Waals surface area contributed by atoms with E-state index in [0.29, 0.717) is 11.1 Å². The molecule has 7 heteroatoms. The van der Waals surface area contributed by atoms with Crippen molar-refractivity contribution >= 4 is 34.9 Å². The van der Waals surface area contributed by atoms with Gasteiger partial charge in [-0.05, 0) is 60.5 Å². The van der Waals surface area contributed by atoms with Crippen molar-refractivity contribution in [1.29, 1.82) is 0 Å². The normalized spacial score (nSPS) is 18.9. The molecule has 6 rings (SSSR count). The molecule has 2 aromatic carbocycles. The molecule has 0 atom stereocenters. The Morgan fingerprint density at radius 3 is 2.16 bits per heavy atom. The van der Waals surface area contributed by atoms with E-state index in [2.05, 4.69) is 88.0 Å². The van der Waals surface area contributed by atoms with Crippen LogP contribution in [-0.4, -0.2) is 34.7 Å². The standard InChI is InChI=1S/C31H38N6S/c1-23-13-17-36(18-14-23)27-19-28(37-20-24-9-5-6-10-25(24)21-37)34-29(33-27)35-30(38)32-22-31(15-7-8-16-31)26-11-3-2-4-12-26/h2-6,9-12,19,23H,7-8,13-18,20-22H2,1H3,(H2,32,33,34,35,38). The molecule has 0 radical (unpaired) electrons. The quantitative estimate of drug-likeness (QED) is 0.380. The number of hydrogen-bond acceptors (Lipinski definition) is 5. The lowest BCUT2D eigenvalue weighted by Crippen LogP contribution is -2.41. The van der Waals surface area contributed by atoms with Gasteiger partial charge < -0.3 is 20.4 Å². The van der Waals surface area contributed by atoms with Crippen LogP contribution in [0.15, 0.2) is 60.7 Å². The second-order valence-electron chi connectivity index (χ2n) is 11.4. The summed E-state index contributed by atoms with van der Waals surface area (Å²) in [6, 6.07) is 21.7. The second-order valence-corrected chi connectivity index (χ2v) is 11.8. The smallest absolute Gasteiger partial charge is 0.232 e. The fourth-order valence-electron chi connectivity index (χ4n) is 6.34. The molecule has 1 saturated carbocycles. The summed E-state index contributed by atoms with van der Waals surface area (Å²) in [7, 11) is 0. The summed E-state index contributed by atoms with van der Waals surface area (Å²) in [4.78, 5) is 14.6. The molecule has 3 heterocycles. The molecule has 1 aromatic heterocycles. The zero-order valence-electron chi connectivity index (χ0n) is 22.3. The maximum Gasteiger partial charge on any atom is 0.232 e. The van der Waals surface area contributed by atoms with E-state index in [4.69, 9.17) is 22.2 Å². The van der Waals surface area contributed by atoms with Crippen molar-refractivity contribution < 1.29 is 0 Å². The zero-order valence-corrected chi connectivity index (χ0v) is 23.1. The molecule has 2 aliphatic heterocycles. The van der Waals surface area contributed by atoms with Crippen LogP contribution >= 0.6 is 12.2 Å². The van der Waals surface area contributed by atoms with E-state index in [1.54, 1.807) is 0 Å². The maximum absolute atomic E-state index is 5.79. The summed E-state index contributed by atoms with van der Waals surface area (Å²) in [5.74, 6) is 3.28. The van der Waals surface area contributed by atoms with Crippen LogP contribution in [0.25, 0.3) is 0 Å². The average Bonchev–Trinajstić information content (AvgIpc) is 3.61. The highest BCUT2D eigenvalue weighted by Crippen LogP contribution is 2.40. The molecule has 3 aromatic rings. The summed E-state index contributed by atoms with van der Waals surface area (Å²) >= 11 is 5.79. The Hall–Kier alpha value is -3.19. The lowest BCUT2D eigenvalue weighted by atomic mass is 9.79. The van der Waals surface area contributed by atoms with E-state index in [1.165, 1.54) is 55.2 Å². The first-order valence-corrected chi connectivity index (χ1v) is 14.5. The van der Waals surface area contributed by atoms with Gasteiger partial charge in [0.15, 0.2) is 5.11 Å². The molecule has 2 N–H and O–H groups in total. The van der Waals surface area contributed by atoms with Crippen LogP contribution in [0.5, 0.6) is 0 Å². The van der Waals surface area contributed by atoms with Gasteiger partial charge in [0.1, 0.15) is 11.6 Å². The van der Waals surface area contributed by atoms with Crippen molar-refractivity contribution in [3.63, 3.8) is 0 Å². The number of anilines is 3. The molecule has 6 nitrogen and oxygen atoms in total. The van der Waals surface area contributed by atoms with Gasteiger partial charge in [-0.2, -0.15) is 9.97 Å². The minimum atomic E-state index is 0.132. The molecule has 2 fully saturated rings. The van der Waals surface area contributed by atoms with Gasteiger partial charge in [0.05, 0.1) is 0 Å². The highest BCUT2D eigenvalue weighted by Gasteiger charge is 2.35. The number of nitrogens with zero attached hydrogens (tertiary/aromatic N) is 4. The first-order chi connectivity index (χ1) is 18.6. The van der Waals surface area contributed by atoms with Gasteiger partial charge >= 0.3 is 0 Å². The van der Waals surface area contributed by atoms with E-state index >= 15 is 0 Å². The van der Waals surface area contributed by atoms with Crippen molar-refractivity contribution in [3.05, 3.63) is 77.4 Å². The van der Waals surface area contributed by atoms with E-state index in [1.807, 2.05) is 0 Å². The number of nitrogens with one attached hydrogen (secondary N) is 2. The van der Waals surface area contributed by atoms with Gasteiger partial charge in [-0.1, -0.05) is 74.4 Å². The second kappa shape index (κ2) is 10.9. The minimum absolute atomic E-state index is 0.132. The molecule has 38 heavy (non-hydrogen) atoms. The van der Waals surface area contributed by atoms with Crippen molar-refractivity contribution in [1.82, 2.24) is 15.3 Å². The van der Waals surface area contributed by atoms with Gasteiger partial charge in [-0.25, -0.2) is 0 Å². The van der Waals surface area contributed by atoms with Gasteiger partial charge in [0.25, 0.3) is 0 Å². The van der Waals surface area contributed by atoms with Crippen molar-refractivity contribution in [2.45, 2.75) is 64.0 Å². The molecule has 0 bridgehead atoms. The van der Waals surface area contributed by atoms with E-state index < -0.39 is 0 Å². The molecule has 3 aliphatic rings. The van der Waals surface area contributed by atoms with Crippen LogP contribution in [0.4, 0.5) is 17.6 Å². The summed E-state index contributed by atoms with van der Waals surface area (Å²) < 4.78 is 0. The third kappa shape index (κ3) is 5.35. The van der Waals surface area contributed by atoms with Crippen LogP contribution in [0.2, 0.25) is 0 Å². The lowest BCUT2D eigenvalue weighted by Gasteiger charge is -2.32. The Balaban J connectivity index is 1.20. The molecule has 0 unspecified atom stereocenters. The number of thiocarbonyl (C=S) groups is 1. The van der Waals surface area contributed by atoms with Crippen LogP contribution < -0.4 is 20.4 Å². The Morgan fingerprint density at radius 2 is 1.50 bits per heavy atom. The number of piperidine rings is 1. The summed E-state index contributed by atoms with van der Waals surface area (Å²) in [6.45, 7) is 6.95. The Kier molecular flexibility index (Phi) is 7.20. The number of aromatic nitrogens is 2. The molecular formula is C31H38N6S. The topological polar surface area (TPSA) is 56.3 Å². The van der Waals surface area contributed by atoms with Crippen LogP contribution in [0.3, 0.4) is 0 Å². The molecular weight excluding hydrogens is 488 g/mol. The molecule has 1 saturated heterocycles. The number of rotatable bonds is 6. The maximum atomic E-state index is 5.79. The highest BCUT2D eigenvalue weighted by atomic mass is 32.1. The highest BCUT2D eigenvalue weighted by molar-refractivity contribution is 7.80. The van der Waals surface area contributed by atoms with Crippen molar-refractivity contribution in [2.24, 2.45) is 5.92 Å². The predicted molar refractivity (Wildman–Crippen MR) is 160 cm³/mol. The van der Waals surface area contributed by atoms with Gasteiger partial charge in [0, 0.05) is 44.2 Å². The summed E-state index contributed by atoms with van der Waals surface area (Å²) in [5.41, 5.74) is 4.27. The Labute approximate surface area is 231 Å². The lowest BCUT2D eigenvalue weighted by molar-refractivity contribution is 0.435. The van der Waals surface area contributed by atoms with E-state index in [9.17, 15) is 0 Å². The van der Waals surface area contributed by atoms with E-state index in [0.717, 1.165) is 50.3 Å². The largest absolute Gasteiger partial charge is 0.361 e. The minimum Gasteiger partial charge on any atom is -0.361 e. The average molecular weight is 527 g/mol.